The Balaban J connectivity index is 1.44. The highest BCUT2D eigenvalue weighted by molar-refractivity contribution is 5.77. The Kier molecular flexibility index (Phi) is 5.09. The molecule has 28 heavy (non-hydrogen) atoms. The Morgan fingerprint density at radius 2 is 1.82 bits per heavy atom. The smallest absolute Gasteiger partial charge is 0.258 e. The number of hydrogen-bond donors (Lipinski definition) is 1. The van der Waals surface area contributed by atoms with Gasteiger partial charge in [0.2, 0.25) is 0 Å². The van der Waals surface area contributed by atoms with Crippen LogP contribution in [0.1, 0.15) is 37.1 Å². The Morgan fingerprint density at radius 3 is 2.57 bits per heavy atom. The number of anilines is 1. The van der Waals surface area contributed by atoms with Crippen LogP contribution in [0.4, 0.5) is 5.82 Å². The number of aryl methyl sites for hydroxylation is 1. The first-order valence-electron chi connectivity index (χ1n) is 9.80. The molecule has 0 aliphatic carbocycles. The van der Waals surface area contributed by atoms with Gasteiger partial charge in [-0.1, -0.05) is 26.0 Å². The fourth-order valence-electron chi connectivity index (χ4n) is 3.55. The van der Waals surface area contributed by atoms with E-state index in [1.54, 1.807) is 6.07 Å². The number of nitrogens with one attached hydrogen (secondary N) is 1. The van der Waals surface area contributed by atoms with Crippen LogP contribution in [0.2, 0.25) is 0 Å². The molecule has 0 atom stereocenters. The molecular weight excluding hydrogens is 352 g/mol. The molecule has 0 saturated carbocycles. The van der Waals surface area contributed by atoms with Crippen LogP contribution in [0.5, 0.6) is 0 Å². The van der Waals surface area contributed by atoms with Gasteiger partial charge in [0.1, 0.15) is 17.5 Å². The minimum atomic E-state index is -0.0723. The van der Waals surface area contributed by atoms with Gasteiger partial charge in [0.25, 0.3) is 5.56 Å². The molecular formula is C21H26N6O. The van der Waals surface area contributed by atoms with Crippen molar-refractivity contribution in [1.29, 1.82) is 0 Å². The van der Waals surface area contributed by atoms with Crippen molar-refractivity contribution in [2.75, 3.05) is 31.1 Å². The van der Waals surface area contributed by atoms with Crippen LogP contribution < -0.4 is 10.5 Å². The van der Waals surface area contributed by atoms with Crippen molar-refractivity contribution in [2.45, 2.75) is 33.2 Å². The van der Waals surface area contributed by atoms with Crippen LogP contribution in [-0.4, -0.2) is 51.0 Å². The maximum absolute atomic E-state index is 12.3. The van der Waals surface area contributed by atoms with Crippen molar-refractivity contribution in [3.63, 3.8) is 0 Å². The highest BCUT2D eigenvalue weighted by atomic mass is 16.1. The first kappa shape index (κ1) is 18.6. The minimum absolute atomic E-state index is 0.0723. The number of aromatic amines is 1. The zero-order valence-electron chi connectivity index (χ0n) is 16.6. The molecule has 3 heterocycles. The van der Waals surface area contributed by atoms with Gasteiger partial charge in [-0.2, -0.15) is 0 Å². The number of rotatable bonds is 4. The number of fused-ring (bicyclic) bond motifs is 1. The van der Waals surface area contributed by atoms with Crippen molar-refractivity contribution < 1.29 is 0 Å². The molecule has 0 bridgehead atoms. The van der Waals surface area contributed by atoms with E-state index in [-0.39, 0.29) is 5.56 Å². The molecule has 1 aliphatic heterocycles. The molecule has 7 nitrogen and oxygen atoms in total. The summed E-state index contributed by atoms with van der Waals surface area (Å²) in [5, 5.41) is 0.635. The first-order valence-corrected chi connectivity index (χ1v) is 9.80. The Bertz CT molecular complexity index is 1040. The van der Waals surface area contributed by atoms with Gasteiger partial charge in [-0.25, -0.2) is 15.0 Å². The maximum Gasteiger partial charge on any atom is 0.258 e. The van der Waals surface area contributed by atoms with Gasteiger partial charge >= 0.3 is 0 Å². The normalized spacial score (nSPS) is 15.5. The fraction of sp³-hybridized carbons (Fsp3) is 0.429. The molecule has 0 radical (unpaired) electrons. The lowest BCUT2D eigenvalue weighted by molar-refractivity contribution is 0.243. The summed E-state index contributed by atoms with van der Waals surface area (Å²) in [6.45, 7) is 10.5. The standard InChI is InChI=1S/C21H26N6O/c1-14(2)20-22-15(3)12-19(25-20)27-10-8-26(9-11-27)13-18-23-17-7-5-4-6-16(17)21(28)24-18/h4-7,12,14H,8-11,13H2,1-3H3,(H,23,24,28). The summed E-state index contributed by atoms with van der Waals surface area (Å²) in [6.07, 6.45) is 0. The van der Waals surface area contributed by atoms with E-state index in [0.717, 1.165) is 54.9 Å². The second-order valence-corrected chi connectivity index (χ2v) is 7.67. The van der Waals surface area contributed by atoms with Crippen molar-refractivity contribution in [1.82, 2.24) is 24.8 Å². The van der Waals surface area contributed by atoms with Gasteiger partial charge in [0.15, 0.2) is 0 Å². The van der Waals surface area contributed by atoms with Crippen LogP contribution in [-0.2, 0) is 6.54 Å². The van der Waals surface area contributed by atoms with Crippen molar-refractivity contribution in [2.24, 2.45) is 0 Å². The van der Waals surface area contributed by atoms with Gasteiger partial charge in [-0.15, -0.1) is 0 Å². The second kappa shape index (κ2) is 7.67. The van der Waals surface area contributed by atoms with E-state index in [9.17, 15) is 4.79 Å². The summed E-state index contributed by atoms with van der Waals surface area (Å²) in [7, 11) is 0. The molecule has 146 valence electrons. The van der Waals surface area contributed by atoms with Crippen LogP contribution in [0.25, 0.3) is 10.9 Å². The maximum atomic E-state index is 12.3. The first-order chi connectivity index (χ1) is 13.5. The van der Waals surface area contributed by atoms with Crippen LogP contribution in [0.15, 0.2) is 35.1 Å². The van der Waals surface area contributed by atoms with Crippen LogP contribution in [0.3, 0.4) is 0 Å². The predicted octanol–water partition coefficient (Wildman–Crippen LogP) is 2.47. The SMILES string of the molecule is Cc1cc(N2CCN(Cc3nc4ccccc4c(=O)[nH]3)CC2)nc(C(C)C)n1. The fourth-order valence-corrected chi connectivity index (χ4v) is 3.55. The average Bonchev–Trinajstić information content (AvgIpc) is 2.68. The lowest BCUT2D eigenvalue weighted by atomic mass is 10.2. The highest BCUT2D eigenvalue weighted by Crippen LogP contribution is 2.19. The zero-order valence-corrected chi connectivity index (χ0v) is 16.6. The molecule has 1 saturated heterocycles. The van der Waals surface area contributed by atoms with Crippen LogP contribution >= 0.6 is 0 Å². The quantitative estimate of drug-likeness (QED) is 0.751. The molecule has 0 spiro atoms. The minimum Gasteiger partial charge on any atom is -0.354 e. The summed E-state index contributed by atoms with van der Waals surface area (Å²) >= 11 is 0. The molecule has 0 unspecified atom stereocenters. The monoisotopic (exact) mass is 378 g/mol. The summed E-state index contributed by atoms with van der Waals surface area (Å²) in [4.78, 5) is 33.7. The van der Waals surface area contributed by atoms with Gasteiger partial charge < -0.3 is 9.88 Å². The topological polar surface area (TPSA) is 78.0 Å². The third-order valence-corrected chi connectivity index (χ3v) is 5.11. The molecule has 2 aromatic heterocycles. The Hall–Kier alpha value is -2.80. The Morgan fingerprint density at radius 1 is 1.07 bits per heavy atom. The number of para-hydroxylation sites is 1. The third kappa shape index (κ3) is 3.89. The molecule has 7 heteroatoms. The number of nitrogens with zero attached hydrogens (tertiary/aromatic N) is 5. The lowest BCUT2D eigenvalue weighted by Crippen LogP contribution is -2.46. The summed E-state index contributed by atoms with van der Waals surface area (Å²) < 4.78 is 0. The summed E-state index contributed by atoms with van der Waals surface area (Å²) in [5.41, 5.74) is 1.68. The van der Waals surface area contributed by atoms with E-state index >= 15 is 0 Å². The number of piperazine rings is 1. The van der Waals surface area contributed by atoms with Gasteiger partial charge in [-0.3, -0.25) is 9.69 Å². The molecule has 1 N–H and O–H groups in total. The van der Waals surface area contributed by atoms with E-state index < -0.39 is 0 Å². The van der Waals surface area contributed by atoms with E-state index in [1.165, 1.54) is 0 Å². The number of H-pyrrole nitrogens is 1. The number of aromatic nitrogens is 4. The van der Waals surface area contributed by atoms with Gasteiger partial charge in [0, 0.05) is 43.9 Å². The number of hydrogen-bond acceptors (Lipinski definition) is 6. The lowest BCUT2D eigenvalue weighted by Gasteiger charge is -2.35. The van der Waals surface area contributed by atoms with Gasteiger partial charge in [0.05, 0.1) is 17.4 Å². The third-order valence-electron chi connectivity index (χ3n) is 5.11. The van der Waals surface area contributed by atoms with E-state index in [0.29, 0.717) is 17.8 Å². The van der Waals surface area contributed by atoms with Crippen molar-refractivity contribution in [3.05, 3.63) is 58.0 Å². The number of benzene rings is 1. The van der Waals surface area contributed by atoms with E-state index in [2.05, 4.69) is 44.7 Å². The van der Waals surface area contributed by atoms with E-state index in [1.807, 2.05) is 25.1 Å². The van der Waals surface area contributed by atoms with Crippen LogP contribution in [0, 0.1) is 6.92 Å². The predicted molar refractivity (Wildman–Crippen MR) is 111 cm³/mol. The molecule has 1 aliphatic rings. The molecule has 3 aromatic rings. The van der Waals surface area contributed by atoms with E-state index in [4.69, 9.17) is 4.98 Å². The summed E-state index contributed by atoms with van der Waals surface area (Å²) in [6, 6.07) is 9.52. The van der Waals surface area contributed by atoms with Gasteiger partial charge in [-0.05, 0) is 19.1 Å². The highest BCUT2D eigenvalue weighted by Gasteiger charge is 2.20. The molecule has 1 fully saturated rings. The second-order valence-electron chi connectivity index (χ2n) is 7.67. The average molecular weight is 378 g/mol. The summed E-state index contributed by atoms with van der Waals surface area (Å²) in [5.74, 6) is 2.94. The van der Waals surface area contributed by atoms with Crippen molar-refractivity contribution in [3.8, 4) is 0 Å². The molecule has 0 amide bonds. The van der Waals surface area contributed by atoms with Crippen molar-refractivity contribution >= 4 is 16.7 Å². The molecule has 4 rings (SSSR count). The Labute approximate surface area is 164 Å². The largest absolute Gasteiger partial charge is 0.354 e. The zero-order chi connectivity index (χ0) is 19.7. The molecule has 1 aromatic carbocycles.